The number of unbranched alkanes of at least 4 members (excludes halogenated alkanes) is 12. The van der Waals surface area contributed by atoms with Crippen LogP contribution < -0.4 is 10.6 Å². The third kappa shape index (κ3) is 19.9. The van der Waals surface area contributed by atoms with Gasteiger partial charge in [0, 0.05) is 13.0 Å². The molecule has 1 amide bonds. The first-order valence-electron chi connectivity index (χ1n) is 11.6. The van der Waals surface area contributed by atoms with E-state index in [1.165, 1.54) is 77.0 Å². The molecule has 0 aliphatic carbocycles. The Balaban J connectivity index is 3.32. The van der Waals surface area contributed by atoms with E-state index in [-0.39, 0.29) is 11.5 Å². The molecule has 0 aliphatic rings. The van der Waals surface area contributed by atoms with Gasteiger partial charge in [-0.2, -0.15) is 0 Å². The van der Waals surface area contributed by atoms with Crippen LogP contribution in [0.15, 0.2) is 0 Å². The van der Waals surface area contributed by atoms with Crippen molar-refractivity contribution in [2.75, 3.05) is 20.3 Å². The fourth-order valence-electron chi connectivity index (χ4n) is 3.23. The molecular formula is C23H48N2O2. The molecule has 4 nitrogen and oxygen atoms in total. The number of nitrogens with one attached hydrogen (secondary N) is 2. The van der Waals surface area contributed by atoms with Crippen molar-refractivity contribution < 1.29 is 9.53 Å². The lowest BCUT2D eigenvalue weighted by Crippen LogP contribution is -2.34. The van der Waals surface area contributed by atoms with E-state index in [0.29, 0.717) is 19.7 Å². The first-order valence-corrected chi connectivity index (χ1v) is 11.6. The van der Waals surface area contributed by atoms with E-state index in [1.54, 1.807) is 0 Å². The predicted octanol–water partition coefficient (Wildman–Crippen LogP) is 5.95. The minimum absolute atomic E-state index is 0.183. The van der Waals surface area contributed by atoms with Gasteiger partial charge in [0.15, 0.2) is 0 Å². The number of carbonyl (C=O) groups excluding carboxylic acids is 1. The van der Waals surface area contributed by atoms with Gasteiger partial charge in [-0.1, -0.05) is 84.0 Å². The van der Waals surface area contributed by atoms with Crippen LogP contribution in [0.1, 0.15) is 117 Å². The third-order valence-corrected chi connectivity index (χ3v) is 5.16. The second-order valence-corrected chi connectivity index (χ2v) is 8.49. The van der Waals surface area contributed by atoms with Gasteiger partial charge in [-0.3, -0.25) is 10.1 Å². The molecule has 4 heteroatoms. The molecule has 2 N–H and O–H groups in total. The fourth-order valence-corrected chi connectivity index (χ4v) is 3.23. The summed E-state index contributed by atoms with van der Waals surface area (Å²) in [6, 6.07) is 0. The van der Waals surface area contributed by atoms with E-state index in [1.807, 2.05) is 7.05 Å². The van der Waals surface area contributed by atoms with Crippen molar-refractivity contribution >= 4 is 5.91 Å². The van der Waals surface area contributed by atoms with Crippen LogP contribution in [0.4, 0.5) is 0 Å². The maximum Gasteiger partial charge on any atom is 0.219 e. The Hall–Kier alpha value is -0.610. The van der Waals surface area contributed by atoms with Crippen molar-refractivity contribution in [2.24, 2.45) is 0 Å². The summed E-state index contributed by atoms with van der Waals surface area (Å²) in [5.74, 6) is 0.183. The maximum atomic E-state index is 11.9. The minimum atomic E-state index is -0.203. The van der Waals surface area contributed by atoms with Gasteiger partial charge in [0.2, 0.25) is 5.91 Å². The van der Waals surface area contributed by atoms with Crippen molar-refractivity contribution in [3.8, 4) is 0 Å². The largest absolute Gasteiger partial charge is 0.360 e. The van der Waals surface area contributed by atoms with Gasteiger partial charge in [0.05, 0.1) is 12.3 Å². The molecule has 0 rings (SSSR count). The number of amides is 1. The highest BCUT2D eigenvalue weighted by Gasteiger charge is 2.17. The van der Waals surface area contributed by atoms with E-state index in [4.69, 9.17) is 4.74 Å². The Labute approximate surface area is 169 Å². The van der Waals surface area contributed by atoms with Crippen LogP contribution in [-0.4, -0.2) is 31.8 Å². The molecule has 0 fully saturated rings. The number of ether oxygens (including phenoxy) is 1. The molecule has 27 heavy (non-hydrogen) atoms. The Morgan fingerprint density at radius 2 is 1.30 bits per heavy atom. The molecule has 0 spiro atoms. The van der Waals surface area contributed by atoms with Crippen molar-refractivity contribution in [1.29, 1.82) is 0 Å². The Morgan fingerprint density at radius 1 is 0.815 bits per heavy atom. The predicted molar refractivity (Wildman–Crippen MR) is 117 cm³/mol. The van der Waals surface area contributed by atoms with E-state index in [0.717, 1.165) is 12.8 Å². The standard InChI is InChI=1S/C23H48N2O2/c1-5-6-7-8-9-10-11-12-13-14-15-16-17-18-22(26)25-20-19-23(2,3)27-21-24-4/h24H,5-21H2,1-4H3,(H,25,26). The average Bonchev–Trinajstić information content (AvgIpc) is 2.63. The van der Waals surface area contributed by atoms with E-state index in [9.17, 15) is 4.79 Å². The van der Waals surface area contributed by atoms with Gasteiger partial charge in [0.1, 0.15) is 0 Å². The van der Waals surface area contributed by atoms with Gasteiger partial charge < -0.3 is 10.1 Å². The Kier molecular flexibility index (Phi) is 18.3. The smallest absolute Gasteiger partial charge is 0.219 e. The van der Waals surface area contributed by atoms with Crippen molar-refractivity contribution in [3.05, 3.63) is 0 Å². The first-order chi connectivity index (χ1) is 13.0. The van der Waals surface area contributed by atoms with Gasteiger partial charge in [-0.25, -0.2) is 0 Å². The Morgan fingerprint density at radius 3 is 1.78 bits per heavy atom. The van der Waals surface area contributed by atoms with E-state index < -0.39 is 0 Å². The maximum absolute atomic E-state index is 11.9. The molecule has 0 aliphatic heterocycles. The van der Waals surface area contributed by atoms with Crippen LogP contribution in [0.25, 0.3) is 0 Å². The van der Waals surface area contributed by atoms with Gasteiger partial charge in [-0.15, -0.1) is 0 Å². The first kappa shape index (κ1) is 26.4. The summed E-state index contributed by atoms with van der Waals surface area (Å²) in [4.78, 5) is 11.9. The lowest BCUT2D eigenvalue weighted by molar-refractivity contribution is -0.121. The van der Waals surface area contributed by atoms with Crippen molar-refractivity contribution in [3.63, 3.8) is 0 Å². The molecule has 0 unspecified atom stereocenters. The van der Waals surface area contributed by atoms with E-state index in [2.05, 4.69) is 31.4 Å². The molecule has 0 aromatic rings. The molecule has 162 valence electrons. The van der Waals surface area contributed by atoms with Crippen LogP contribution in [0, 0.1) is 0 Å². The van der Waals surface area contributed by atoms with Gasteiger partial charge in [-0.05, 0) is 33.7 Å². The van der Waals surface area contributed by atoms with Crippen LogP contribution in [-0.2, 0) is 9.53 Å². The molecule has 0 aromatic heterocycles. The normalized spacial score (nSPS) is 11.7. The quantitative estimate of drug-likeness (QED) is 0.201. The molecule has 0 saturated heterocycles. The van der Waals surface area contributed by atoms with Crippen molar-refractivity contribution in [2.45, 2.75) is 123 Å². The summed E-state index contributed by atoms with van der Waals surface area (Å²) in [6.45, 7) is 7.62. The summed E-state index contributed by atoms with van der Waals surface area (Å²) < 4.78 is 5.68. The molecule has 0 aromatic carbocycles. The van der Waals surface area contributed by atoms with Crippen LogP contribution in [0.5, 0.6) is 0 Å². The second-order valence-electron chi connectivity index (χ2n) is 8.49. The summed E-state index contributed by atoms with van der Waals surface area (Å²) in [6.07, 6.45) is 18.9. The summed E-state index contributed by atoms with van der Waals surface area (Å²) in [5.41, 5.74) is -0.203. The zero-order chi connectivity index (χ0) is 20.2. The highest BCUT2D eigenvalue weighted by molar-refractivity contribution is 5.75. The highest BCUT2D eigenvalue weighted by atomic mass is 16.5. The lowest BCUT2D eigenvalue weighted by atomic mass is 10.0. The molecule has 0 atom stereocenters. The SMILES string of the molecule is CCCCCCCCCCCCCCCC(=O)NCCC(C)(C)OCNC. The van der Waals surface area contributed by atoms with E-state index >= 15 is 0 Å². The van der Waals surface area contributed by atoms with Gasteiger partial charge in [0.25, 0.3) is 0 Å². The average molecular weight is 385 g/mol. The van der Waals surface area contributed by atoms with Crippen LogP contribution >= 0.6 is 0 Å². The van der Waals surface area contributed by atoms with Gasteiger partial charge >= 0.3 is 0 Å². The zero-order valence-corrected chi connectivity index (χ0v) is 18.8. The molecule has 0 bridgehead atoms. The molecule has 0 heterocycles. The molecule has 0 radical (unpaired) electrons. The summed E-state index contributed by atoms with van der Waals surface area (Å²) in [7, 11) is 1.87. The number of hydrogen-bond donors (Lipinski definition) is 2. The second kappa shape index (κ2) is 18.7. The van der Waals surface area contributed by atoms with Crippen LogP contribution in [0.2, 0.25) is 0 Å². The minimum Gasteiger partial charge on any atom is -0.360 e. The van der Waals surface area contributed by atoms with Crippen LogP contribution in [0.3, 0.4) is 0 Å². The summed E-state index contributed by atoms with van der Waals surface area (Å²) in [5, 5.41) is 6.00. The third-order valence-electron chi connectivity index (χ3n) is 5.16. The summed E-state index contributed by atoms with van der Waals surface area (Å²) >= 11 is 0. The number of carbonyl (C=O) groups is 1. The highest BCUT2D eigenvalue weighted by Crippen LogP contribution is 2.14. The number of hydrogen-bond acceptors (Lipinski definition) is 3. The molecular weight excluding hydrogens is 336 g/mol. The Bertz CT molecular complexity index is 332. The lowest BCUT2D eigenvalue weighted by Gasteiger charge is -2.25. The zero-order valence-electron chi connectivity index (χ0n) is 18.8. The van der Waals surface area contributed by atoms with Crippen molar-refractivity contribution in [1.82, 2.24) is 10.6 Å². The monoisotopic (exact) mass is 384 g/mol. The number of rotatable bonds is 20. The molecule has 0 saturated carbocycles. The topological polar surface area (TPSA) is 50.4 Å². The fraction of sp³-hybridized carbons (Fsp3) is 0.957.